The first kappa shape index (κ1) is 26.7. The van der Waals surface area contributed by atoms with Gasteiger partial charge >= 0.3 is 5.63 Å². The Bertz CT molecular complexity index is 1270. The molecule has 1 saturated heterocycles. The molecule has 1 aliphatic rings. The molecule has 0 radical (unpaired) electrons. The molecule has 0 unspecified atom stereocenters. The monoisotopic (exact) mass is 511 g/mol. The lowest BCUT2D eigenvalue weighted by Gasteiger charge is -2.30. The number of aryl methyl sites for hydroxylation is 1. The summed E-state index contributed by atoms with van der Waals surface area (Å²) in [6, 6.07) is 7.29. The van der Waals surface area contributed by atoms with E-state index in [0.29, 0.717) is 34.3 Å². The van der Waals surface area contributed by atoms with E-state index in [-0.39, 0.29) is 5.92 Å². The van der Waals surface area contributed by atoms with Crippen molar-refractivity contribution in [2.24, 2.45) is 0 Å². The van der Waals surface area contributed by atoms with Crippen LogP contribution in [0.15, 0.2) is 33.5 Å². The van der Waals surface area contributed by atoms with Gasteiger partial charge in [-0.25, -0.2) is 4.79 Å². The van der Waals surface area contributed by atoms with Crippen LogP contribution in [0.3, 0.4) is 0 Å². The Balaban J connectivity index is 1.98. The number of piperidine rings is 1. The number of likely N-dealkylation sites (tertiary alicyclic amines) is 1. The predicted octanol–water partition coefficient (Wildman–Crippen LogP) is 5.15. The van der Waals surface area contributed by atoms with E-state index >= 15 is 0 Å². The third kappa shape index (κ3) is 5.34. The number of nitrogens with zero attached hydrogens (tertiary/aromatic N) is 1. The van der Waals surface area contributed by atoms with Crippen molar-refractivity contribution in [1.29, 1.82) is 0 Å². The van der Waals surface area contributed by atoms with E-state index in [1.165, 1.54) is 25.3 Å². The highest BCUT2D eigenvalue weighted by Gasteiger charge is 2.29. The smallest absolute Gasteiger partial charge is 0.336 e. The van der Waals surface area contributed by atoms with Crippen molar-refractivity contribution in [3.05, 3.63) is 51.4 Å². The third-order valence-electron chi connectivity index (χ3n) is 7.24. The van der Waals surface area contributed by atoms with Gasteiger partial charge in [0.05, 0.1) is 40.9 Å². The van der Waals surface area contributed by atoms with Crippen molar-refractivity contribution < 1.29 is 28.1 Å². The molecule has 3 aromatic rings. The average molecular weight is 512 g/mol. The minimum absolute atomic E-state index is 0.191. The molecule has 37 heavy (non-hydrogen) atoms. The molecule has 1 fully saturated rings. The number of benzene rings is 2. The Labute approximate surface area is 218 Å². The number of methoxy groups -OCH3 is 5. The molecule has 0 amide bonds. The van der Waals surface area contributed by atoms with Crippen LogP contribution >= 0.6 is 0 Å². The van der Waals surface area contributed by atoms with E-state index in [1.54, 1.807) is 35.5 Å². The molecule has 0 N–H and O–H groups in total. The molecule has 0 aliphatic carbocycles. The number of ether oxygens (including phenoxy) is 5. The number of fused-ring (bicyclic) bond motifs is 1. The first-order valence-electron chi connectivity index (χ1n) is 12.7. The number of hydrogen-bond acceptors (Lipinski definition) is 8. The van der Waals surface area contributed by atoms with Crippen molar-refractivity contribution in [3.8, 4) is 28.7 Å². The van der Waals surface area contributed by atoms with Crippen LogP contribution in [0.1, 0.15) is 48.3 Å². The maximum absolute atomic E-state index is 12.6. The lowest BCUT2D eigenvalue weighted by atomic mass is 9.85. The van der Waals surface area contributed by atoms with Gasteiger partial charge in [-0.1, -0.05) is 6.42 Å². The Morgan fingerprint density at radius 2 is 1.43 bits per heavy atom. The van der Waals surface area contributed by atoms with Gasteiger partial charge in [0.15, 0.2) is 11.5 Å². The summed E-state index contributed by atoms with van der Waals surface area (Å²) in [5.41, 5.74) is 2.58. The molecule has 200 valence electrons. The largest absolute Gasteiger partial charge is 0.496 e. The second-order valence-electron chi connectivity index (χ2n) is 9.35. The van der Waals surface area contributed by atoms with Gasteiger partial charge in [-0.3, -0.25) is 0 Å². The Hall–Kier alpha value is -3.39. The van der Waals surface area contributed by atoms with Crippen molar-refractivity contribution in [2.75, 3.05) is 55.2 Å². The van der Waals surface area contributed by atoms with Crippen LogP contribution < -0.4 is 29.3 Å². The Kier molecular flexibility index (Phi) is 8.48. The topological polar surface area (TPSA) is 79.6 Å². The molecule has 8 nitrogen and oxygen atoms in total. The minimum Gasteiger partial charge on any atom is -0.496 e. The van der Waals surface area contributed by atoms with E-state index in [4.69, 9.17) is 28.1 Å². The van der Waals surface area contributed by atoms with Gasteiger partial charge in [0.2, 0.25) is 5.75 Å². The van der Waals surface area contributed by atoms with Crippen molar-refractivity contribution >= 4 is 11.0 Å². The van der Waals surface area contributed by atoms with Gasteiger partial charge in [0.25, 0.3) is 0 Å². The summed E-state index contributed by atoms with van der Waals surface area (Å²) < 4.78 is 34.4. The Morgan fingerprint density at radius 3 is 2.00 bits per heavy atom. The van der Waals surface area contributed by atoms with E-state index in [1.807, 2.05) is 25.1 Å². The summed E-state index contributed by atoms with van der Waals surface area (Å²) in [6.07, 6.45) is 4.46. The zero-order valence-electron chi connectivity index (χ0n) is 22.6. The fraction of sp³-hybridized carbons (Fsp3) is 0.483. The number of hydrogen-bond donors (Lipinski definition) is 0. The fourth-order valence-corrected chi connectivity index (χ4v) is 5.42. The molecular weight excluding hydrogens is 474 g/mol. The molecular formula is C29H37NO7. The van der Waals surface area contributed by atoms with Crippen LogP contribution in [-0.2, 0) is 0 Å². The molecule has 0 spiro atoms. The normalized spacial score (nSPS) is 14.9. The second kappa shape index (κ2) is 11.8. The quantitative estimate of drug-likeness (QED) is 0.346. The molecule has 1 atom stereocenters. The van der Waals surface area contributed by atoms with Crippen molar-refractivity contribution in [2.45, 2.75) is 38.5 Å². The average Bonchev–Trinajstić information content (AvgIpc) is 2.92. The minimum atomic E-state index is -0.416. The van der Waals surface area contributed by atoms with Crippen molar-refractivity contribution in [3.63, 3.8) is 0 Å². The summed E-state index contributed by atoms with van der Waals surface area (Å²) in [7, 11) is 8.02. The molecule has 4 rings (SSSR count). The highest BCUT2D eigenvalue weighted by molar-refractivity contribution is 5.92. The lowest BCUT2D eigenvalue weighted by molar-refractivity contribution is 0.223. The standard InChI is InChI=1S/C29H37NO7/c1-18-14-25(31)37-29-26(18)21(32-2)17-22(33-3)27(29)20(10-13-30-11-8-7-9-12-30)19-15-23(34-4)28(36-6)24(16-19)35-5/h14-17,20H,7-13H2,1-6H3/t20-/m1/s1. The van der Waals surface area contributed by atoms with Crippen LogP contribution in [0.25, 0.3) is 11.0 Å². The van der Waals surface area contributed by atoms with E-state index in [0.717, 1.165) is 48.1 Å². The summed E-state index contributed by atoms with van der Waals surface area (Å²) in [6.45, 7) is 4.93. The van der Waals surface area contributed by atoms with Gasteiger partial charge in [-0.15, -0.1) is 0 Å². The van der Waals surface area contributed by atoms with Crippen LogP contribution in [0.4, 0.5) is 0 Å². The second-order valence-corrected chi connectivity index (χ2v) is 9.35. The first-order chi connectivity index (χ1) is 17.9. The Morgan fingerprint density at radius 1 is 0.811 bits per heavy atom. The SMILES string of the molecule is COc1cc([C@@H](CCN2CCCCC2)c2c(OC)cc(OC)c3c(C)cc(=O)oc23)cc(OC)c1OC. The van der Waals surface area contributed by atoms with Gasteiger partial charge in [-0.2, -0.15) is 0 Å². The maximum Gasteiger partial charge on any atom is 0.336 e. The fourth-order valence-electron chi connectivity index (χ4n) is 5.42. The van der Waals surface area contributed by atoms with E-state index in [9.17, 15) is 4.79 Å². The molecule has 8 heteroatoms. The van der Waals surface area contributed by atoms with Crippen LogP contribution in [0, 0.1) is 6.92 Å². The summed E-state index contributed by atoms with van der Waals surface area (Å²) in [5.74, 6) is 2.65. The molecule has 1 aliphatic heterocycles. The molecule has 2 heterocycles. The van der Waals surface area contributed by atoms with Gasteiger partial charge in [0, 0.05) is 23.6 Å². The zero-order chi connectivity index (χ0) is 26.5. The van der Waals surface area contributed by atoms with Gasteiger partial charge < -0.3 is 33.0 Å². The van der Waals surface area contributed by atoms with Gasteiger partial charge in [-0.05, 0) is 69.1 Å². The predicted molar refractivity (Wildman–Crippen MR) is 143 cm³/mol. The maximum atomic E-state index is 12.6. The van der Waals surface area contributed by atoms with Crippen LogP contribution in [-0.4, -0.2) is 60.1 Å². The zero-order valence-corrected chi connectivity index (χ0v) is 22.6. The number of rotatable bonds is 10. The highest BCUT2D eigenvalue weighted by atomic mass is 16.5. The molecule has 0 saturated carbocycles. The molecule has 2 aromatic carbocycles. The van der Waals surface area contributed by atoms with Crippen LogP contribution in [0.5, 0.6) is 28.7 Å². The summed E-state index contributed by atoms with van der Waals surface area (Å²) in [5, 5.41) is 0.758. The van der Waals surface area contributed by atoms with E-state index in [2.05, 4.69) is 4.90 Å². The first-order valence-corrected chi connectivity index (χ1v) is 12.7. The lowest BCUT2D eigenvalue weighted by Crippen LogP contribution is -2.31. The molecule has 0 bridgehead atoms. The summed E-state index contributed by atoms with van der Waals surface area (Å²) >= 11 is 0. The van der Waals surface area contributed by atoms with Crippen molar-refractivity contribution in [1.82, 2.24) is 4.90 Å². The highest BCUT2D eigenvalue weighted by Crippen LogP contribution is 2.47. The third-order valence-corrected chi connectivity index (χ3v) is 7.24. The summed E-state index contributed by atoms with van der Waals surface area (Å²) in [4.78, 5) is 15.1. The van der Waals surface area contributed by atoms with E-state index < -0.39 is 5.63 Å². The van der Waals surface area contributed by atoms with Gasteiger partial charge in [0.1, 0.15) is 17.1 Å². The van der Waals surface area contributed by atoms with Crippen LogP contribution in [0.2, 0.25) is 0 Å². The molecule has 1 aromatic heterocycles.